The number of carbonyl (C=O) groups excluding carboxylic acids is 1. The van der Waals surface area contributed by atoms with E-state index in [4.69, 9.17) is 16.3 Å². The third-order valence-corrected chi connectivity index (χ3v) is 5.35. The normalized spacial score (nSPS) is 16.0. The number of nitrogens with zero attached hydrogens (tertiary/aromatic N) is 1. The Bertz CT molecular complexity index is 640. The average Bonchev–Trinajstić information content (AvgIpc) is 3.29. The highest BCUT2D eigenvalue weighted by Crippen LogP contribution is 2.27. The van der Waals surface area contributed by atoms with E-state index in [-0.39, 0.29) is 18.6 Å². The van der Waals surface area contributed by atoms with Gasteiger partial charge < -0.3 is 10.1 Å². The molecule has 0 bridgehead atoms. The number of nitrogens with one attached hydrogen (secondary N) is 1. The SMILES string of the molecule is O=C(COc1ccc(Cl)cc1)NC[C@H](c1cccs1)N1CCCC1. The van der Waals surface area contributed by atoms with Crippen molar-refractivity contribution >= 4 is 28.8 Å². The van der Waals surface area contributed by atoms with Crippen molar-refractivity contribution in [3.05, 3.63) is 51.7 Å². The highest BCUT2D eigenvalue weighted by Gasteiger charge is 2.24. The smallest absolute Gasteiger partial charge is 0.258 e. The predicted molar refractivity (Wildman–Crippen MR) is 97.8 cm³/mol. The van der Waals surface area contributed by atoms with Crippen LogP contribution in [0.2, 0.25) is 5.02 Å². The van der Waals surface area contributed by atoms with E-state index < -0.39 is 0 Å². The summed E-state index contributed by atoms with van der Waals surface area (Å²) in [5.74, 6) is 0.537. The Labute approximate surface area is 151 Å². The fourth-order valence-electron chi connectivity index (χ4n) is 2.89. The number of amides is 1. The molecule has 4 nitrogen and oxygen atoms in total. The first-order valence-electron chi connectivity index (χ1n) is 8.15. The van der Waals surface area contributed by atoms with Gasteiger partial charge in [-0.2, -0.15) is 0 Å². The van der Waals surface area contributed by atoms with Gasteiger partial charge >= 0.3 is 0 Å². The van der Waals surface area contributed by atoms with Crippen LogP contribution in [0, 0.1) is 0 Å². The lowest BCUT2D eigenvalue weighted by Crippen LogP contribution is -2.38. The Balaban J connectivity index is 1.50. The number of rotatable bonds is 7. The van der Waals surface area contributed by atoms with Gasteiger partial charge in [-0.1, -0.05) is 17.7 Å². The summed E-state index contributed by atoms with van der Waals surface area (Å²) in [4.78, 5) is 15.8. The summed E-state index contributed by atoms with van der Waals surface area (Å²) >= 11 is 7.58. The van der Waals surface area contributed by atoms with Crippen LogP contribution in [-0.2, 0) is 4.79 Å². The lowest BCUT2D eigenvalue weighted by atomic mass is 10.2. The summed E-state index contributed by atoms with van der Waals surface area (Å²) < 4.78 is 5.49. The molecule has 3 rings (SSSR count). The maximum atomic E-state index is 12.1. The molecule has 1 aliphatic rings. The number of likely N-dealkylation sites (tertiary alicyclic amines) is 1. The Morgan fingerprint density at radius 3 is 2.67 bits per heavy atom. The minimum absolute atomic E-state index is 0.0127. The Morgan fingerprint density at radius 1 is 1.25 bits per heavy atom. The first-order valence-corrected chi connectivity index (χ1v) is 9.40. The first-order chi connectivity index (χ1) is 11.7. The van der Waals surface area contributed by atoms with Crippen LogP contribution < -0.4 is 10.1 Å². The van der Waals surface area contributed by atoms with E-state index in [1.165, 1.54) is 17.7 Å². The predicted octanol–water partition coefficient (Wildman–Crippen LogP) is 3.73. The number of benzene rings is 1. The molecule has 1 fully saturated rings. The zero-order valence-corrected chi connectivity index (χ0v) is 15.0. The molecule has 2 heterocycles. The third kappa shape index (κ3) is 4.72. The molecular weight excluding hydrogens is 344 g/mol. The number of thiophene rings is 1. The van der Waals surface area contributed by atoms with Crippen LogP contribution in [0.3, 0.4) is 0 Å². The lowest BCUT2D eigenvalue weighted by molar-refractivity contribution is -0.123. The standard InChI is InChI=1S/C18H21ClN2O2S/c19-14-5-7-15(8-6-14)23-13-18(22)20-12-16(17-4-3-11-24-17)21-9-1-2-10-21/h3-8,11,16H,1-2,9-10,12-13H2,(H,20,22)/t16-/m1/s1. The second kappa shape index (κ2) is 8.51. The maximum Gasteiger partial charge on any atom is 0.258 e. The number of carbonyl (C=O) groups is 1. The molecule has 1 saturated heterocycles. The number of ether oxygens (including phenoxy) is 1. The van der Waals surface area contributed by atoms with E-state index in [0.29, 0.717) is 17.3 Å². The monoisotopic (exact) mass is 364 g/mol. The Hall–Kier alpha value is -1.56. The number of hydrogen-bond donors (Lipinski definition) is 1. The molecule has 0 radical (unpaired) electrons. The van der Waals surface area contributed by atoms with Gasteiger partial charge in [-0.15, -0.1) is 11.3 Å². The summed E-state index contributed by atoms with van der Waals surface area (Å²) in [6, 6.07) is 11.5. The van der Waals surface area contributed by atoms with Gasteiger partial charge in [-0.25, -0.2) is 0 Å². The third-order valence-electron chi connectivity index (χ3n) is 4.13. The van der Waals surface area contributed by atoms with Crippen LogP contribution in [0.4, 0.5) is 0 Å². The summed E-state index contributed by atoms with van der Waals surface area (Å²) in [5.41, 5.74) is 0. The molecular formula is C18H21ClN2O2S. The van der Waals surface area contributed by atoms with Crippen LogP contribution in [0.5, 0.6) is 5.75 Å². The molecule has 0 spiro atoms. The zero-order chi connectivity index (χ0) is 16.8. The van der Waals surface area contributed by atoms with Gasteiger partial charge in [0.15, 0.2) is 6.61 Å². The quantitative estimate of drug-likeness (QED) is 0.813. The summed E-state index contributed by atoms with van der Waals surface area (Å²) in [6.07, 6.45) is 2.46. The fourth-order valence-corrected chi connectivity index (χ4v) is 3.87. The largest absolute Gasteiger partial charge is 0.484 e. The Kier molecular flexibility index (Phi) is 6.12. The molecule has 128 valence electrons. The van der Waals surface area contributed by atoms with Crippen molar-refractivity contribution in [2.24, 2.45) is 0 Å². The van der Waals surface area contributed by atoms with Crippen LogP contribution >= 0.6 is 22.9 Å². The second-order valence-corrected chi connectivity index (χ2v) is 7.24. The van der Waals surface area contributed by atoms with Gasteiger partial charge in [0.1, 0.15) is 5.75 Å². The molecule has 1 aromatic carbocycles. The van der Waals surface area contributed by atoms with Crippen molar-refractivity contribution in [1.82, 2.24) is 10.2 Å². The molecule has 1 amide bonds. The summed E-state index contributed by atoms with van der Waals surface area (Å²) in [7, 11) is 0. The van der Waals surface area contributed by atoms with E-state index in [9.17, 15) is 4.79 Å². The van der Waals surface area contributed by atoms with Gasteiger partial charge in [0.05, 0.1) is 6.04 Å². The van der Waals surface area contributed by atoms with E-state index >= 15 is 0 Å². The van der Waals surface area contributed by atoms with Gasteiger partial charge in [0.25, 0.3) is 5.91 Å². The molecule has 0 unspecified atom stereocenters. The van der Waals surface area contributed by atoms with Crippen molar-refractivity contribution in [2.45, 2.75) is 18.9 Å². The van der Waals surface area contributed by atoms with E-state index in [1.54, 1.807) is 35.6 Å². The fraction of sp³-hybridized carbons (Fsp3) is 0.389. The average molecular weight is 365 g/mol. The van der Waals surface area contributed by atoms with Gasteiger partial charge in [0, 0.05) is 16.4 Å². The highest BCUT2D eigenvalue weighted by molar-refractivity contribution is 7.10. The topological polar surface area (TPSA) is 41.6 Å². The zero-order valence-electron chi connectivity index (χ0n) is 13.4. The molecule has 6 heteroatoms. The van der Waals surface area contributed by atoms with Crippen LogP contribution in [0.25, 0.3) is 0 Å². The van der Waals surface area contributed by atoms with Crippen molar-refractivity contribution in [1.29, 1.82) is 0 Å². The lowest BCUT2D eigenvalue weighted by Gasteiger charge is -2.26. The van der Waals surface area contributed by atoms with Gasteiger partial charge in [-0.05, 0) is 61.6 Å². The molecule has 24 heavy (non-hydrogen) atoms. The number of halogens is 1. The molecule has 2 aromatic rings. The van der Waals surface area contributed by atoms with Gasteiger partial charge in [-0.3, -0.25) is 9.69 Å². The minimum Gasteiger partial charge on any atom is -0.484 e. The summed E-state index contributed by atoms with van der Waals surface area (Å²) in [6.45, 7) is 2.82. The maximum absolute atomic E-state index is 12.1. The van der Waals surface area contributed by atoms with Crippen LogP contribution in [0.15, 0.2) is 41.8 Å². The molecule has 0 aliphatic carbocycles. The number of hydrogen-bond acceptors (Lipinski definition) is 4. The van der Waals surface area contributed by atoms with Crippen molar-refractivity contribution in [3.8, 4) is 5.75 Å². The molecule has 1 aromatic heterocycles. The van der Waals surface area contributed by atoms with Crippen molar-refractivity contribution in [2.75, 3.05) is 26.2 Å². The Morgan fingerprint density at radius 2 is 2.00 bits per heavy atom. The second-order valence-electron chi connectivity index (χ2n) is 5.82. The van der Waals surface area contributed by atoms with Crippen LogP contribution in [-0.4, -0.2) is 37.0 Å². The molecule has 1 aliphatic heterocycles. The van der Waals surface area contributed by atoms with E-state index in [2.05, 4.69) is 27.7 Å². The highest BCUT2D eigenvalue weighted by atomic mass is 35.5. The molecule has 0 saturated carbocycles. The van der Waals surface area contributed by atoms with E-state index in [0.717, 1.165) is 13.1 Å². The van der Waals surface area contributed by atoms with Gasteiger partial charge in [0.2, 0.25) is 0 Å². The van der Waals surface area contributed by atoms with Crippen LogP contribution in [0.1, 0.15) is 23.8 Å². The van der Waals surface area contributed by atoms with Crippen molar-refractivity contribution in [3.63, 3.8) is 0 Å². The summed E-state index contributed by atoms with van der Waals surface area (Å²) in [5, 5.41) is 5.74. The first kappa shape index (κ1) is 17.3. The molecule has 1 N–H and O–H groups in total. The van der Waals surface area contributed by atoms with Crippen molar-refractivity contribution < 1.29 is 9.53 Å². The van der Waals surface area contributed by atoms with E-state index in [1.807, 2.05) is 0 Å². The minimum atomic E-state index is -0.106. The molecule has 1 atom stereocenters.